The highest BCUT2D eigenvalue weighted by atomic mass is 19.2. The minimum Gasteiger partial charge on any atom is -0.497 e. The molecule has 1 fully saturated rings. The van der Waals surface area contributed by atoms with E-state index in [9.17, 15) is 23.1 Å². The fourth-order valence-corrected chi connectivity index (χ4v) is 3.47. The zero-order valence-corrected chi connectivity index (χ0v) is 14.8. The quantitative estimate of drug-likeness (QED) is 0.812. The number of aliphatic hydroxyl groups excluding tert-OH is 1. The van der Waals surface area contributed by atoms with Crippen LogP contribution in [0.25, 0.3) is 0 Å². The number of methoxy groups -OCH3 is 1. The van der Waals surface area contributed by atoms with E-state index in [2.05, 4.69) is 0 Å². The van der Waals surface area contributed by atoms with Crippen molar-refractivity contribution in [1.82, 2.24) is 4.90 Å². The summed E-state index contributed by atoms with van der Waals surface area (Å²) in [4.78, 5) is 14.1. The molecule has 1 saturated heterocycles. The van der Waals surface area contributed by atoms with Crippen LogP contribution in [-0.2, 0) is 11.3 Å². The molecule has 2 aromatic carbocycles. The first-order valence-corrected chi connectivity index (χ1v) is 8.59. The maximum absolute atomic E-state index is 14.1. The molecule has 1 aliphatic rings. The first kappa shape index (κ1) is 19.2. The zero-order valence-electron chi connectivity index (χ0n) is 14.8. The van der Waals surface area contributed by atoms with E-state index in [0.717, 1.165) is 11.6 Å². The SMILES string of the molecule is COc1ccc(CN2C[C@@H](CO)C(c3cc(F)c(F)cc3F)CC2=O)cc1. The molecule has 1 heterocycles. The predicted molar refractivity (Wildman–Crippen MR) is 92.7 cm³/mol. The van der Waals surface area contributed by atoms with Crippen molar-refractivity contribution in [1.29, 1.82) is 0 Å². The third-order valence-electron chi connectivity index (χ3n) is 4.98. The summed E-state index contributed by atoms with van der Waals surface area (Å²) in [5.74, 6) is -4.06. The second-order valence-corrected chi connectivity index (χ2v) is 6.66. The van der Waals surface area contributed by atoms with Crippen LogP contribution in [0.5, 0.6) is 5.75 Å². The molecule has 0 spiro atoms. The van der Waals surface area contributed by atoms with Gasteiger partial charge in [0.15, 0.2) is 11.6 Å². The van der Waals surface area contributed by atoms with Gasteiger partial charge in [-0.05, 0) is 29.3 Å². The van der Waals surface area contributed by atoms with Crippen LogP contribution in [0.15, 0.2) is 36.4 Å². The van der Waals surface area contributed by atoms with Gasteiger partial charge in [0.05, 0.1) is 7.11 Å². The average Bonchev–Trinajstić information content (AvgIpc) is 2.66. The summed E-state index contributed by atoms with van der Waals surface area (Å²) in [7, 11) is 1.56. The molecule has 27 heavy (non-hydrogen) atoms. The molecular weight excluding hydrogens is 359 g/mol. The van der Waals surface area contributed by atoms with Crippen molar-refractivity contribution >= 4 is 5.91 Å². The van der Waals surface area contributed by atoms with E-state index in [1.54, 1.807) is 24.1 Å². The Hall–Kier alpha value is -2.54. The van der Waals surface area contributed by atoms with Gasteiger partial charge in [0.2, 0.25) is 5.91 Å². The molecule has 1 aliphatic heterocycles. The molecule has 7 heteroatoms. The first-order chi connectivity index (χ1) is 12.9. The number of ether oxygens (including phenoxy) is 1. The van der Waals surface area contributed by atoms with E-state index in [4.69, 9.17) is 4.74 Å². The van der Waals surface area contributed by atoms with Gasteiger partial charge in [-0.1, -0.05) is 12.1 Å². The molecule has 0 saturated carbocycles. The van der Waals surface area contributed by atoms with Crippen LogP contribution in [-0.4, -0.2) is 36.2 Å². The third-order valence-corrected chi connectivity index (χ3v) is 4.98. The van der Waals surface area contributed by atoms with Crippen molar-refractivity contribution < 1.29 is 27.8 Å². The van der Waals surface area contributed by atoms with Crippen LogP contribution in [0.4, 0.5) is 13.2 Å². The highest BCUT2D eigenvalue weighted by Crippen LogP contribution is 2.36. The molecule has 2 atom stereocenters. The number of rotatable bonds is 5. The summed E-state index contributed by atoms with van der Waals surface area (Å²) in [6, 6.07) is 8.50. The van der Waals surface area contributed by atoms with Crippen molar-refractivity contribution in [2.75, 3.05) is 20.3 Å². The predicted octanol–water partition coefficient (Wildman–Crippen LogP) is 3.24. The Balaban J connectivity index is 1.79. The Bertz CT molecular complexity index is 826. The number of amides is 1. The number of carbonyl (C=O) groups excluding carboxylic acids is 1. The number of benzene rings is 2. The minimum absolute atomic E-state index is 0.0783. The molecule has 0 aliphatic carbocycles. The third kappa shape index (κ3) is 4.08. The molecule has 4 nitrogen and oxygen atoms in total. The van der Waals surface area contributed by atoms with E-state index in [1.165, 1.54) is 0 Å². The van der Waals surface area contributed by atoms with Gasteiger partial charge in [-0.2, -0.15) is 0 Å². The van der Waals surface area contributed by atoms with Crippen molar-refractivity contribution in [2.45, 2.75) is 18.9 Å². The molecule has 144 valence electrons. The minimum atomic E-state index is -1.28. The van der Waals surface area contributed by atoms with E-state index in [0.29, 0.717) is 18.4 Å². The number of likely N-dealkylation sites (tertiary alicyclic amines) is 1. The van der Waals surface area contributed by atoms with Gasteiger partial charge in [-0.25, -0.2) is 13.2 Å². The van der Waals surface area contributed by atoms with E-state index >= 15 is 0 Å². The average molecular weight is 379 g/mol. The molecule has 1 amide bonds. The Kier molecular flexibility index (Phi) is 5.70. The Labute approximate surface area is 155 Å². The van der Waals surface area contributed by atoms with Crippen LogP contribution in [0.1, 0.15) is 23.5 Å². The molecule has 0 aromatic heterocycles. The van der Waals surface area contributed by atoms with Crippen molar-refractivity contribution in [3.63, 3.8) is 0 Å². The fraction of sp³-hybridized carbons (Fsp3) is 0.350. The number of nitrogens with zero attached hydrogens (tertiary/aromatic N) is 1. The van der Waals surface area contributed by atoms with E-state index in [1.807, 2.05) is 12.1 Å². The number of hydrogen-bond donors (Lipinski definition) is 1. The lowest BCUT2D eigenvalue weighted by atomic mass is 9.80. The van der Waals surface area contributed by atoms with Gasteiger partial charge < -0.3 is 14.7 Å². The smallest absolute Gasteiger partial charge is 0.223 e. The molecular formula is C20H20F3NO3. The largest absolute Gasteiger partial charge is 0.497 e. The zero-order chi connectivity index (χ0) is 19.6. The van der Waals surface area contributed by atoms with Gasteiger partial charge in [-0.15, -0.1) is 0 Å². The van der Waals surface area contributed by atoms with Crippen molar-refractivity contribution in [3.8, 4) is 5.75 Å². The van der Waals surface area contributed by atoms with Crippen LogP contribution >= 0.6 is 0 Å². The lowest BCUT2D eigenvalue weighted by molar-refractivity contribution is -0.137. The summed E-state index contributed by atoms with van der Waals surface area (Å²) in [6.07, 6.45) is -0.0800. The maximum atomic E-state index is 14.1. The van der Waals surface area contributed by atoms with Crippen LogP contribution in [0.2, 0.25) is 0 Å². The van der Waals surface area contributed by atoms with E-state index in [-0.39, 0.29) is 31.0 Å². The molecule has 1 unspecified atom stereocenters. The van der Waals surface area contributed by atoms with Gasteiger partial charge in [0.1, 0.15) is 11.6 Å². The highest BCUT2D eigenvalue weighted by molar-refractivity contribution is 5.78. The van der Waals surface area contributed by atoms with Crippen LogP contribution in [0, 0.1) is 23.4 Å². The Morgan fingerprint density at radius 2 is 1.78 bits per heavy atom. The Morgan fingerprint density at radius 1 is 1.11 bits per heavy atom. The lowest BCUT2D eigenvalue weighted by Crippen LogP contribution is -2.44. The molecule has 0 bridgehead atoms. The summed E-state index contributed by atoms with van der Waals surface area (Å²) < 4.78 is 46.0. The van der Waals surface area contributed by atoms with Gasteiger partial charge in [-0.3, -0.25) is 4.79 Å². The van der Waals surface area contributed by atoms with Crippen LogP contribution < -0.4 is 4.74 Å². The standard InChI is InChI=1S/C20H20F3NO3/c1-27-14-4-2-12(3-5-14)9-24-10-13(11-25)15(7-20(24)26)16-6-18(22)19(23)8-17(16)21/h2-6,8,13,15,25H,7,9-11H2,1H3/t13-,15?/m0/s1. The summed E-state index contributed by atoms with van der Waals surface area (Å²) in [5, 5.41) is 9.73. The molecule has 1 N–H and O–H groups in total. The molecule has 2 aromatic rings. The van der Waals surface area contributed by atoms with E-state index < -0.39 is 29.3 Å². The fourth-order valence-electron chi connectivity index (χ4n) is 3.47. The monoisotopic (exact) mass is 379 g/mol. The second kappa shape index (κ2) is 8.00. The topological polar surface area (TPSA) is 49.8 Å². The number of carbonyl (C=O) groups is 1. The number of aliphatic hydroxyl groups is 1. The number of hydrogen-bond acceptors (Lipinski definition) is 3. The van der Waals surface area contributed by atoms with Gasteiger partial charge in [0, 0.05) is 44.0 Å². The second-order valence-electron chi connectivity index (χ2n) is 6.66. The summed E-state index contributed by atoms with van der Waals surface area (Å²) >= 11 is 0. The van der Waals surface area contributed by atoms with Crippen LogP contribution in [0.3, 0.4) is 0 Å². The number of halogens is 3. The van der Waals surface area contributed by atoms with Gasteiger partial charge in [0.25, 0.3) is 0 Å². The highest BCUT2D eigenvalue weighted by Gasteiger charge is 2.36. The number of piperidine rings is 1. The first-order valence-electron chi connectivity index (χ1n) is 8.59. The lowest BCUT2D eigenvalue weighted by Gasteiger charge is -2.38. The molecule has 0 radical (unpaired) electrons. The summed E-state index contributed by atoms with van der Waals surface area (Å²) in [5.41, 5.74) is 0.809. The Morgan fingerprint density at radius 3 is 2.41 bits per heavy atom. The normalized spacial score (nSPS) is 20.0. The van der Waals surface area contributed by atoms with Crippen molar-refractivity contribution in [3.05, 3.63) is 65.0 Å². The maximum Gasteiger partial charge on any atom is 0.223 e. The molecule has 3 rings (SSSR count). The van der Waals surface area contributed by atoms with Gasteiger partial charge >= 0.3 is 0 Å². The van der Waals surface area contributed by atoms with Crippen molar-refractivity contribution in [2.24, 2.45) is 5.92 Å². The summed E-state index contributed by atoms with van der Waals surface area (Å²) in [6.45, 7) is 0.242.